The largest absolute Gasteiger partial charge is 0.388 e. The van der Waals surface area contributed by atoms with Crippen molar-refractivity contribution in [1.82, 2.24) is 4.90 Å². The van der Waals surface area contributed by atoms with Crippen LogP contribution >= 0.6 is 0 Å². The number of carbonyl (C=O) groups is 1. The lowest BCUT2D eigenvalue weighted by molar-refractivity contribution is -0.133. The van der Waals surface area contributed by atoms with E-state index in [0.717, 1.165) is 11.8 Å². The molecule has 3 saturated carbocycles. The monoisotopic (exact) mass is 237 g/mol. The van der Waals surface area contributed by atoms with Gasteiger partial charge in [0, 0.05) is 19.0 Å². The fourth-order valence-corrected chi connectivity index (χ4v) is 4.82. The van der Waals surface area contributed by atoms with Crippen molar-refractivity contribution in [1.29, 1.82) is 0 Å². The van der Waals surface area contributed by atoms with Crippen LogP contribution in [-0.2, 0) is 4.79 Å². The number of rotatable bonds is 1. The molecule has 94 valence electrons. The van der Waals surface area contributed by atoms with Crippen molar-refractivity contribution in [2.24, 2.45) is 29.6 Å². The highest BCUT2D eigenvalue weighted by Crippen LogP contribution is 2.69. The lowest BCUT2D eigenvalue weighted by Gasteiger charge is -2.17. The van der Waals surface area contributed by atoms with E-state index in [0.29, 0.717) is 24.9 Å². The number of carbonyl (C=O) groups excluding carboxylic acids is 1. The number of hydrogen-bond donors (Lipinski definition) is 2. The molecule has 1 amide bonds. The molecule has 0 spiro atoms. The Bertz CT molecular complexity index is 346. The summed E-state index contributed by atoms with van der Waals surface area (Å²) in [7, 11) is 0. The Kier molecular flexibility index (Phi) is 1.96. The van der Waals surface area contributed by atoms with Crippen molar-refractivity contribution in [3.8, 4) is 0 Å². The molecule has 1 aliphatic heterocycles. The molecule has 0 aromatic carbocycles. The number of fused-ring (bicyclic) bond motifs is 5. The van der Waals surface area contributed by atoms with Crippen LogP contribution in [0.3, 0.4) is 0 Å². The van der Waals surface area contributed by atoms with Gasteiger partial charge in [0.1, 0.15) is 0 Å². The first-order valence-corrected chi connectivity index (χ1v) is 6.81. The van der Waals surface area contributed by atoms with E-state index in [4.69, 9.17) is 0 Å². The molecule has 0 radical (unpaired) electrons. The molecule has 2 N–H and O–H groups in total. The normalized spacial score (nSPS) is 55.2. The molecule has 1 saturated heterocycles. The van der Waals surface area contributed by atoms with Crippen molar-refractivity contribution < 1.29 is 15.0 Å². The molecule has 4 aliphatic rings. The Labute approximate surface area is 101 Å². The third kappa shape index (κ3) is 1.28. The van der Waals surface area contributed by atoms with Crippen molar-refractivity contribution in [2.75, 3.05) is 13.1 Å². The van der Waals surface area contributed by atoms with Crippen molar-refractivity contribution >= 4 is 5.91 Å². The maximum atomic E-state index is 12.3. The van der Waals surface area contributed by atoms with Gasteiger partial charge in [-0.25, -0.2) is 0 Å². The molecular weight excluding hydrogens is 218 g/mol. The predicted molar refractivity (Wildman–Crippen MR) is 59.9 cm³/mol. The van der Waals surface area contributed by atoms with Gasteiger partial charge in [0.15, 0.2) is 0 Å². The van der Waals surface area contributed by atoms with Gasteiger partial charge in [-0.2, -0.15) is 0 Å². The smallest absolute Gasteiger partial charge is 0.226 e. The van der Waals surface area contributed by atoms with Crippen LogP contribution in [0.25, 0.3) is 0 Å². The average molecular weight is 237 g/mol. The molecule has 0 aromatic rings. The number of nitrogens with zero attached hydrogens (tertiary/aromatic N) is 1. The van der Waals surface area contributed by atoms with Crippen LogP contribution in [0, 0.1) is 29.6 Å². The minimum absolute atomic E-state index is 0.201. The van der Waals surface area contributed by atoms with Gasteiger partial charge < -0.3 is 15.1 Å². The molecule has 0 aromatic heterocycles. The molecule has 4 nitrogen and oxygen atoms in total. The van der Waals surface area contributed by atoms with Crippen LogP contribution in [0.1, 0.15) is 19.3 Å². The van der Waals surface area contributed by atoms with Gasteiger partial charge in [-0.05, 0) is 42.9 Å². The van der Waals surface area contributed by atoms with E-state index >= 15 is 0 Å². The molecule has 4 unspecified atom stereocenters. The van der Waals surface area contributed by atoms with E-state index in [9.17, 15) is 15.0 Å². The van der Waals surface area contributed by atoms with Gasteiger partial charge in [-0.1, -0.05) is 0 Å². The SMILES string of the molecule is O=C(C1C2C3CCC(C3)C12)N1C[C@@H](O)[C@@H](O)C1. The topological polar surface area (TPSA) is 60.8 Å². The summed E-state index contributed by atoms with van der Waals surface area (Å²) in [6, 6.07) is 0. The first-order valence-electron chi connectivity index (χ1n) is 6.81. The summed E-state index contributed by atoms with van der Waals surface area (Å²) >= 11 is 0. The zero-order valence-corrected chi connectivity index (χ0v) is 9.83. The molecule has 2 bridgehead atoms. The maximum absolute atomic E-state index is 12.3. The van der Waals surface area contributed by atoms with E-state index in [1.807, 2.05) is 0 Å². The van der Waals surface area contributed by atoms with Crippen LogP contribution < -0.4 is 0 Å². The summed E-state index contributed by atoms with van der Waals surface area (Å²) in [5, 5.41) is 19.0. The van der Waals surface area contributed by atoms with Crippen LogP contribution in [-0.4, -0.2) is 46.3 Å². The number of β-amino-alcohol motifs (C(OH)–C–C–N with tert-alkyl or cyclic N) is 2. The molecule has 3 aliphatic carbocycles. The van der Waals surface area contributed by atoms with Gasteiger partial charge in [0.2, 0.25) is 5.91 Å². The Balaban J connectivity index is 1.46. The lowest BCUT2D eigenvalue weighted by atomic mass is 10.0. The van der Waals surface area contributed by atoms with Crippen molar-refractivity contribution in [3.05, 3.63) is 0 Å². The highest BCUT2D eigenvalue weighted by atomic mass is 16.3. The first-order chi connectivity index (χ1) is 8.16. The standard InChI is InChI=1S/C13H19NO3/c15-8-4-14(5-9(8)16)13(17)12-10-6-1-2-7(3-6)11(10)12/h6-12,15-16H,1-5H2/t6?,7?,8-,9+,10?,11?,12?. The zero-order chi connectivity index (χ0) is 11.7. The Morgan fingerprint density at radius 3 is 2.06 bits per heavy atom. The Hall–Kier alpha value is -0.610. The fraction of sp³-hybridized carbons (Fsp3) is 0.923. The minimum Gasteiger partial charge on any atom is -0.388 e. The molecule has 17 heavy (non-hydrogen) atoms. The summed E-state index contributed by atoms with van der Waals surface area (Å²) in [5.41, 5.74) is 0. The number of hydrogen-bond acceptors (Lipinski definition) is 3. The van der Waals surface area contributed by atoms with Gasteiger partial charge in [-0.15, -0.1) is 0 Å². The first kappa shape index (κ1) is 10.3. The third-order valence-electron chi connectivity index (χ3n) is 5.59. The van der Waals surface area contributed by atoms with Crippen molar-refractivity contribution in [2.45, 2.75) is 31.5 Å². The molecule has 4 rings (SSSR count). The quantitative estimate of drug-likeness (QED) is 0.666. The second-order valence-corrected chi connectivity index (χ2v) is 6.39. The minimum atomic E-state index is -0.741. The van der Waals surface area contributed by atoms with Crippen molar-refractivity contribution in [3.63, 3.8) is 0 Å². The highest BCUT2D eigenvalue weighted by molar-refractivity contribution is 5.83. The predicted octanol–water partition coefficient (Wildman–Crippen LogP) is -0.158. The highest BCUT2D eigenvalue weighted by Gasteiger charge is 2.68. The Morgan fingerprint density at radius 2 is 1.53 bits per heavy atom. The van der Waals surface area contributed by atoms with E-state index < -0.39 is 12.2 Å². The number of amides is 1. The number of aliphatic hydroxyl groups excluding tert-OH is 2. The van der Waals surface area contributed by atoms with E-state index in [1.165, 1.54) is 19.3 Å². The second kappa shape index (κ2) is 3.23. The van der Waals surface area contributed by atoms with E-state index in [2.05, 4.69) is 0 Å². The maximum Gasteiger partial charge on any atom is 0.226 e. The van der Waals surface area contributed by atoms with Crippen LogP contribution in [0.15, 0.2) is 0 Å². The summed E-state index contributed by atoms with van der Waals surface area (Å²) in [5.74, 6) is 3.34. The van der Waals surface area contributed by atoms with Crippen LogP contribution in [0.5, 0.6) is 0 Å². The summed E-state index contributed by atoms with van der Waals surface area (Å²) < 4.78 is 0. The summed E-state index contributed by atoms with van der Waals surface area (Å²) in [6.45, 7) is 0.649. The molecular formula is C13H19NO3. The summed E-state index contributed by atoms with van der Waals surface area (Å²) in [6.07, 6.45) is 2.51. The third-order valence-corrected chi connectivity index (χ3v) is 5.59. The second-order valence-electron chi connectivity index (χ2n) is 6.39. The van der Waals surface area contributed by atoms with Crippen LogP contribution in [0.4, 0.5) is 0 Å². The van der Waals surface area contributed by atoms with E-state index in [-0.39, 0.29) is 11.8 Å². The number of aliphatic hydroxyl groups is 2. The lowest BCUT2D eigenvalue weighted by Crippen LogP contribution is -2.32. The molecule has 4 fully saturated rings. The molecule has 4 heteroatoms. The van der Waals surface area contributed by atoms with Gasteiger partial charge in [0.05, 0.1) is 12.2 Å². The van der Waals surface area contributed by atoms with Gasteiger partial charge >= 0.3 is 0 Å². The van der Waals surface area contributed by atoms with Crippen LogP contribution in [0.2, 0.25) is 0 Å². The van der Waals surface area contributed by atoms with Gasteiger partial charge in [-0.3, -0.25) is 4.79 Å². The zero-order valence-electron chi connectivity index (χ0n) is 9.83. The van der Waals surface area contributed by atoms with Gasteiger partial charge in [0.25, 0.3) is 0 Å². The Morgan fingerprint density at radius 1 is 1.00 bits per heavy atom. The summed E-state index contributed by atoms with van der Waals surface area (Å²) in [4.78, 5) is 14.0. The molecule has 1 heterocycles. The van der Waals surface area contributed by atoms with E-state index in [1.54, 1.807) is 4.90 Å². The number of likely N-dealkylation sites (tertiary alicyclic amines) is 1. The molecule has 6 atom stereocenters. The fourth-order valence-electron chi connectivity index (χ4n) is 4.82. The average Bonchev–Trinajstić information content (AvgIpc) is 2.60.